The van der Waals surface area contributed by atoms with Crippen molar-refractivity contribution in [3.8, 4) is 17.2 Å². The summed E-state index contributed by atoms with van der Waals surface area (Å²) < 4.78 is 17.0. The Hall–Kier alpha value is -1.42. The molecule has 3 rings (SSSR count). The summed E-state index contributed by atoms with van der Waals surface area (Å²) in [6.07, 6.45) is 2.67. The molecule has 2 heterocycles. The van der Waals surface area contributed by atoms with Crippen molar-refractivity contribution >= 4 is 0 Å². The van der Waals surface area contributed by atoms with Crippen LogP contribution in [0.3, 0.4) is 0 Å². The summed E-state index contributed by atoms with van der Waals surface area (Å²) >= 11 is 0. The van der Waals surface area contributed by atoms with Crippen LogP contribution in [0.2, 0.25) is 0 Å². The molecule has 0 fully saturated rings. The quantitative estimate of drug-likeness (QED) is 0.851. The minimum atomic E-state index is 0.634. The molecule has 0 atom stereocenters. The molecule has 0 radical (unpaired) electrons. The topological polar surface area (TPSA) is 53.7 Å². The van der Waals surface area contributed by atoms with Crippen molar-refractivity contribution in [2.24, 2.45) is 5.73 Å². The number of rotatable bonds is 3. The molecule has 4 nitrogen and oxygen atoms in total. The number of fused-ring (bicyclic) bond motifs is 2. The van der Waals surface area contributed by atoms with E-state index < -0.39 is 0 Å². The van der Waals surface area contributed by atoms with E-state index in [-0.39, 0.29) is 0 Å². The monoisotopic (exact) mass is 235 g/mol. The van der Waals surface area contributed by atoms with Crippen molar-refractivity contribution in [2.75, 3.05) is 26.9 Å². The van der Waals surface area contributed by atoms with Crippen molar-refractivity contribution < 1.29 is 14.2 Å². The maximum absolute atomic E-state index is 5.76. The van der Waals surface area contributed by atoms with Gasteiger partial charge in [0.1, 0.15) is 5.75 Å². The first-order valence-corrected chi connectivity index (χ1v) is 6.07. The van der Waals surface area contributed by atoms with Crippen molar-refractivity contribution in [3.05, 3.63) is 16.7 Å². The number of hydrogen-bond donors (Lipinski definition) is 1. The number of methoxy groups -OCH3 is 1. The van der Waals surface area contributed by atoms with E-state index in [4.69, 9.17) is 19.9 Å². The Morgan fingerprint density at radius 2 is 1.82 bits per heavy atom. The Kier molecular flexibility index (Phi) is 2.59. The molecule has 2 aliphatic heterocycles. The van der Waals surface area contributed by atoms with Crippen LogP contribution in [0.4, 0.5) is 0 Å². The van der Waals surface area contributed by atoms with E-state index in [0.29, 0.717) is 6.54 Å². The lowest BCUT2D eigenvalue weighted by Gasteiger charge is -2.16. The summed E-state index contributed by atoms with van der Waals surface area (Å²) in [7, 11) is 1.69. The molecule has 0 spiro atoms. The van der Waals surface area contributed by atoms with Crippen molar-refractivity contribution in [1.29, 1.82) is 0 Å². The second kappa shape index (κ2) is 4.11. The van der Waals surface area contributed by atoms with Crippen molar-refractivity contribution in [1.82, 2.24) is 0 Å². The first-order valence-electron chi connectivity index (χ1n) is 6.07. The SMILES string of the molecule is COc1c2c(c(CCN)c3c1OCC3)OCC2. The van der Waals surface area contributed by atoms with Gasteiger partial charge in [0.05, 0.1) is 20.3 Å². The van der Waals surface area contributed by atoms with Crippen LogP contribution in [-0.2, 0) is 19.3 Å². The molecule has 92 valence electrons. The zero-order chi connectivity index (χ0) is 11.8. The van der Waals surface area contributed by atoms with Crippen LogP contribution in [-0.4, -0.2) is 26.9 Å². The standard InChI is InChI=1S/C13H17NO3/c1-15-12-10-4-7-16-11(10)8(2-5-14)9-3-6-17-13(9)12/h2-7,14H2,1H3. The van der Waals surface area contributed by atoms with Gasteiger partial charge in [-0.2, -0.15) is 0 Å². The smallest absolute Gasteiger partial charge is 0.168 e. The van der Waals surface area contributed by atoms with Gasteiger partial charge < -0.3 is 19.9 Å². The second-order valence-corrected chi connectivity index (χ2v) is 4.36. The number of hydrogen-bond acceptors (Lipinski definition) is 4. The molecular formula is C13H17NO3. The Morgan fingerprint density at radius 1 is 1.12 bits per heavy atom. The van der Waals surface area contributed by atoms with E-state index in [0.717, 1.165) is 55.3 Å². The van der Waals surface area contributed by atoms with Gasteiger partial charge in [-0.25, -0.2) is 0 Å². The Balaban J connectivity index is 2.23. The number of ether oxygens (including phenoxy) is 3. The number of nitrogens with two attached hydrogens (primary N) is 1. The first kappa shape index (κ1) is 10.7. The van der Waals surface area contributed by atoms with Gasteiger partial charge in [-0.05, 0) is 13.0 Å². The summed E-state index contributed by atoms with van der Waals surface area (Å²) in [4.78, 5) is 0. The first-order chi connectivity index (χ1) is 8.36. The largest absolute Gasteiger partial charge is 0.493 e. The van der Waals surface area contributed by atoms with Gasteiger partial charge >= 0.3 is 0 Å². The molecule has 17 heavy (non-hydrogen) atoms. The third-order valence-corrected chi connectivity index (χ3v) is 3.46. The average Bonchev–Trinajstić information content (AvgIpc) is 2.96. The predicted octanol–water partition coefficient (Wildman–Crippen LogP) is 1.07. The fourth-order valence-corrected chi connectivity index (χ4v) is 2.79. The van der Waals surface area contributed by atoms with E-state index in [1.165, 1.54) is 11.1 Å². The van der Waals surface area contributed by atoms with E-state index in [1.54, 1.807) is 7.11 Å². The zero-order valence-electron chi connectivity index (χ0n) is 10.0. The Bertz CT molecular complexity index is 421. The van der Waals surface area contributed by atoms with Gasteiger partial charge in [-0.1, -0.05) is 0 Å². The zero-order valence-corrected chi connectivity index (χ0v) is 10.0. The molecule has 2 aliphatic rings. The molecule has 1 aromatic carbocycles. The average molecular weight is 235 g/mol. The van der Waals surface area contributed by atoms with Crippen LogP contribution >= 0.6 is 0 Å². The van der Waals surface area contributed by atoms with E-state index in [9.17, 15) is 0 Å². The van der Waals surface area contributed by atoms with Gasteiger partial charge in [-0.15, -0.1) is 0 Å². The maximum atomic E-state index is 5.76. The van der Waals surface area contributed by atoms with Crippen LogP contribution in [0.5, 0.6) is 17.2 Å². The summed E-state index contributed by atoms with van der Waals surface area (Å²) in [5.41, 5.74) is 9.30. The summed E-state index contributed by atoms with van der Waals surface area (Å²) in [5, 5.41) is 0. The second-order valence-electron chi connectivity index (χ2n) is 4.36. The highest BCUT2D eigenvalue weighted by molar-refractivity contribution is 5.65. The molecular weight excluding hydrogens is 218 g/mol. The molecule has 2 N–H and O–H groups in total. The van der Waals surface area contributed by atoms with E-state index >= 15 is 0 Å². The third-order valence-electron chi connectivity index (χ3n) is 3.46. The lowest BCUT2D eigenvalue weighted by Crippen LogP contribution is -2.07. The van der Waals surface area contributed by atoms with Gasteiger partial charge in [0.15, 0.2) is 11.5 Å². The Labute approximate surface area is 101 Å². The highest BCUT2D eigenvalue weighted by atomic mass is 16.5. The minimum Gasteiger partial charge on any atom is -0.493 e. The van der Waals surface area contributed by atoms with Crippen LogP contribution in [0, 0.1) is 0 Å². The normalized spacial score (nSPS) is 16.1. The fourth-order valence-electron chi connectivity index (χ4n) is 2.79. The van der Waals surface area contributed by atoms with E-state index in [1.807, 2.05) is 0 Å². The molecule has 0 saturated carbocycles. The van der Waals surface area contributed by atoms with Gasteiger partial charge in [0.2, 0.25) is 0 Å². The summed E-state index contributed by atoms with van der Waals surface area (Å²) in [5.74, 6) is 2.78. The number of benzene rings is 1. The maximum Gasteiger partial charge on any atom is 0.168 e. The van der Waals surface area contributed by atoms with Crippen LogP contribution < -0.4 is 19.9 Å². The van der Waals surface area contributed by atoms with Crippen LogP contribution in [0.1, 0.15) is 16.7 Å². The highest BCUT2D eigenvalue weighted by Crippen LogP contribution is 2.48. The molecule has 1 aromatic rings. The summed E-state index contributed by atoms with van der Waals surface area (Å²) in [6, 6.07) is 0. The predicted molar refractivity (Wildman–Crippen MR) is 64.2 cm³/mol. The molecule has 4 heteroatoms. The molecule has 0 bridgehead atoms. The van der Waals surface area contributed by atoms with Crippen molar-refractivity contribution in [2.45, 2.75) is 19.3 Å². The fraction of sp³-hybridized carbons (Fsp3) is 0.538. The van der Waals surface area contributed by atoms with E-state index in [2.05, 4.69) is 0 Å². The highest BCUT2D eigenvalue weighted by Gasteiger charge is 2.31. The lowest BCUT2D eigenvalue weighted by molar-refractivity contribution is 0.324. The molecule has 0 aliphatic carbocycles. The van der Waals surface area contributed by atoms with Crippen molar-refractivity contribution in [3.63, 3.8) is 0 Å². The summed E-state index contributed by atoms with van der Waals surface area (Å²) in [6.45, 7) is 2.09. The van der Waals surface area contributed by atoms with Gasteiger partial charge in [-0.3, -0.25) is 0 Å². The minimum absolute atomic E-state index is 0.634. The van der Waals surface area contributed by atoms with Gasteiger partial charge in [0, 0.05) is 29.5 Å². The molecule has 0 saturated heterocycles. The van der Waals surface area contributed by atoms with Crippen LogP contribution in [0.25, 0.3) is 0 Å². The molecule has 0 unspecified atom stereocenters. The van der Waals surface area contributed by atoms with Gasteiger partial charge in [0.25, 0.3) is 0 Å². The lowest BCUT2D eigenvalue weighted by atomic mass is 9.96. The van der Waals surface area contributed by atoms with Crippen LogP contribution in [0.15, 0.2) is 0 Å². The molecule has 0 aromatic heterocycles. The molecule has 0 amide bonds. The Morgan fingerprint density at radius 3 is 2.53 bits per heavy atom. The third kappa shape index (κ3) is 1.47.